The Kier molecular flexibility index (Phi) is 9.31. The van der Waals surface area contributed by atoms with Gasteiger partial charge in [-0.15, -0.1) is 0 Å². The molecular formula is C18H24BrNO2. The second kappa shape index (κ2) is 11.1. The van der Waals surface area contributed by atoms with E-state index in [0.717, 1.165) is 25.1 Å². The number of hydrogen-bond acceptors (Lipinski definition) is 3. The molecule has 0 heterocycles. The minimum absolute atomic E-state index is 0.230. The quantitative estimate of drug-likeness (QED) is 0.391. The normalized spacial score (nSPS) is 12.1. The first-order valence-corrected chi connectivity index (χ1v) is 8.55. The molecule has 0 atom stereocenters. The van der Waals surface area contributed by atoms with Crippen LogP contribution < -0.4 is 5.32 Å². The van der Waals surface area contributed by atoms with Crippen molar-refractivity contribution in [2.45, 2.75) is 26.7 Å². The molecule has 0 bridgehead atoms. The Morgan fingerprint density at radius 3 is 2.59 bits per heavy atom. The number of allylic oxidation sites excluding steroid dienone is 2. The minimum atomic E-state index is -0.230. The molecule has 1 aromatic rings. The molecule has 0 radical (unpaired) electrons. The van der Waals surface area contributed by atoms with Crippen molar-refractivity contribution in [3.63, 3.8) is 0 Å². The molecule has 120 valence electrons. The molecule has 0 aliphatic carbocycles. The van der Waals surface area contributed by atoms with E-state index in [4.69, 9.17) is 4.74 Å². The third-order valence-electron chi connectivity index (χ3n) is 3.16. The summed E-state index contributed by atoms with van der Waals surface area (Å²) in [6.45, 7) is 5.41. The van der Waals surface area contributed by atoms with E-state index in [1.165, 1.54) is 11.1 Å². The van der Waals surface area contributed by atoms with Crippen molar-refractivity contribution >= 4 is 27.6 Å². The van der Waals surface area contributed by atoms with Gasteiger partial charge in [0.15, 0.2) is 0 Å². The van der Waals surface area contributed by atoms with Crippen molar-refractivity contribution in [3.8, 4) is 0 Å². The molecule has 3 nitrogen and oxygen atoms in total. The van der Waals surface area contributed by atoms with E-state index in [0.29, 0.717) is 6.61 Å². The summed E-state index contributed by atoms with van der Waals surface area (Å²) >= 11 is 3.06. The van der Waals surface area contributed by atoms with E-state index in [9.17, 15) is 4.79 Å². The van der Waals surface area contributed by atoms with Crippen molar-refractivity contribution in [2.24, 2.45) is 0 Å². The Morgan fingerprint density at radius 2 is 1.91 bits per heavy atom. The number of carbonyl (C=O) groups excluding carboxylic acids is 1. The van der Waals surface area contributed by atoms with E-state index >= 15 is 0 Å². The second-order valence-corrected chi connectivity index (χ2v) is 5.74. The van der Waals surface area contributed by atoms with Gasteiger partial charge in [-0.3, -0.25) is 4.79 Å². The number of anilines is 1. The summed E-state index contributed by atoms with van der Waals surface area (Å²) in [4.78, 5) is 11.0. The monoisotopic (exact) mass is 365 g/mol. The average molecular weight is 366 g/mol. The maximum Gasteiger partial charge on any atom is 0.316 e. The lowest BCUT2D eigenvalue weighted by atomic mass is 10.1. The highest BCUT2D eigenvalue weighted by molar-refractivity contribution is 9.09. The zero-order valence-corrected chi connectivity index (χ0v) is 14.9. The molecule has 0 amide bonds. The molecule has 0 saturated carbocycles. The maximum atomic E-state index is 11.0. The van der Waals surface area contributed by atoms with Crippen LogP contribution >= 0.6 is 15.9 Å². The Labute approximate surface area is 141 Å². The predicted molar refractivity (Wildman–Crippen MR) is 96.4 cm³/mol. The van der Waals surface area contributed by atoms with Crippen LogP contribution in [0.25, 0.3) is 0 Å². The predicted octanol–water partition coefficient (Wildman–Crippen LogP) is 4.71. The van der Waals surface area contributed by atoms with Crippen LogP contribution in [0.5, 0.6) is 0 Å². The van der Waals surface area contributed by atoms with Crippen molar-refractivity contribution < 1.29 is 9.53 Å². The number of esters is 1. The van der Waals surface area contributed by atoms with Crippen LogP contribution in [0, 0.1) is 0 Å². The van der Waals surface area contributed by atoms with Gasteiger partial charge in [-0.1, -0.05) is 51.4 Å². The maximum absolute atomic E-state index is 11.0. The number of para-hydroxylation sites is 1. The molecule has 0 aliphatic rings. The number of ether oxygens (including phenoxy) is 1. The first-order chi connectivity index (χ1) is 10.6. The lowest BCUT2D eigenvalue weighted by Crippen LogP contribution is -2.05. The fourth-order valence-electron chi connectivity index (χ4n) is 1.83. The van der Waals surface area contributed by atoms with Gasteiger partial charge < -0.3 is 10.1 Å². The summed E-state index contributed by atoms with van der Waals surface area (Å²) in [5.74, 6) is -0.230. The second-order valence-electron chi connectivity index (χ2n) is 5.18. The SMILES string of the molecule is C/C(=C\COC(=O)CBr)CC/C=C(\C)CNc1ccccc1. The van der Waals surface area contributed by atoms with Gasteiger partial charge in [0, 0.05) is 12.2 Å². The fraction of sp³-hybridized carbons (Fsp3) is 0.389. The van der Waals surface area contributed by atoms with Gasteiger partial charge in [0.05, 0.1) is 0 Å². The van der Waals surface area contributed by atoms with E-state index in [2.05, 4.69) is 53.3 Å². The molecule has 0 unspecified atom stereocenters. The van der Waals surface area contributed by atoms with Gasteiger partial charge in [-0.2, -0.15) is 0 Å². The molecule has 1 aromatic carbocycles. The van der Waals surface area contributed by atoms with E-state index in [-0.39, 0.29) is 11.3 Å². The van der Waals surface area contributed by atoms with Crippen LogP contribution in [0.3, 0.4) is 0 Å². The Morgan fingerprint density at radius 1 is 1.18 bits per heavy atom. The summed E-state index contributed by atoms with van der Waals surface area (Å²) in [6, 6.07) is 10.2. The lowest BCUT2D eigenvalue weighted by Gasteiger charge is -2.06. The number of rotatable bonds is 9. The summed E-state index contributed by atoms with van der Waals surface area (Å²) in [7, 11) is 0. The average Bonchev–Trinajstić information content (AvgIpc) is 2.53. The van der Waals surface area contributed by atoms with Crippen molar-refractivity contribution in [3.05, 3.63) is 53.6 Å². The van der Waals surface area contributed by atoms with Crippen LogP contribution in [-0.2, 0) is 9.53 Å². The van der Waals surface area contributed by atoms with Crippen molar-refractivity contribution in [1.82, 2.24) is 0 Å². The van der Waals surface area contributed by atoms with Gasteiger partial charge in [0.2, 0.25) is 0 Å². The molecule has 1 N–H and O–H groups in total. The highest BCUT2D eigenvalue weighted by Crippen LogP contribution is 2.09. The molecular weight excluding hydrogens is 342 g/mol. The zero-order valence-electron chi connectivity index (χ0n) is 13.3. The molecule has 0 fully saturated rings. The van der Waals surface area contributed by atoms with Gasteiger partial charge in [0.1, 0.15) is 11.9 Å². The lowest BCUT2D eigenvalue weighted by molar-refractivity contribution is -0.139. The summed E-state index contributed by atoms with van der Waals surface area (Å²) in [5.41, 5.74) is 3.70. The Balaban J connectivity index is 2.23. The Bertz CT molecular complexity index is 509. The molecule has 0 aromatic heterocycles. The van der Waals surface area contributed by atoms with Crippen LogP contribution in [-0.4, -0.2) is 24.5 Å². The van der Waals surface area contributed by atoms with Crippen molar-refractivity contribution in [1.29, 1.82) is 0 Å². The van der Waals surface area contributed by atoms with Crippen LogP contribution in [0.15, 0.2) is 53.6 Å². The topological polar surface area (TPSA) is 38.3 Å². The molecule has 22 heavy (non-hydrogen) atoms. The standard InChI is InChI=1S/C18H24BrNO2/c1-15(11-12-22-18(21)13-19)7-6-8-16(2)14-20-17-9-4-3-5-10-17/h3-5,8-11,20H,6-7,12-14H2,1-2H3/b15-11+,16-8+. The van der Waals surface area contributed by atoms with Gasteiger partial charge >= 0.3 is 5.97 Å². The van der Waals surface area contributed by atoms with Gasteiger partial charge in [-0.05, 0) is 44.9 Å². The van der Waals surface area contributed by atoms with Crippen LogP contribution in [0.1, 0.15) is 26.7 Å². The summed E-state index contributed by atoms with van der Waals surface area (Å²) in [5, 5.41) is 3.64. The fourth-order valence-corrected chi connectivity index (χ4v) is 2.00. The van der Waals surface area contributed by atoms with Crippen LogP contribution in [0.4, 0.5) is 5.69 Å². The largest absolute Gasteiger partial charge is 0.461 e. The van der Waals surface area contributed by atoms with Crippen LogP contribution in [0.2, 0.25) is 0 Å². The minimum Gasteiger partial charge on any atom is -0.461 e. The number of hydrogen-bond donors (Lipinski definition) is 1. The number of nitrogens with one attached hydrogen (secondary N) is 1. The molecule has 1 rings (SSSR count). The molecule has 0 saturated heterocycles. The number of carbonyl (C=O) groups is 1. The van der Waals surface area contributed by atoms with E-state index in [1.807, 2.05) is 24.3 Å². The number of benzene rings is 1. The highest BCUT2D eigenvalue weighted by atomic mass is 79.9. The number of halogens is 1. The summed E-state index contributed by atoms with van der Waals surface area (Å²) in [6.07, 6.45) is 6.19. The first-order valence-electron chi connectivity index (χ1n) is 7.43. The highest BCUT2D eigenvalue weighted by Gasteiger charge is 1.97. The Hall–Kier alpha value is -1.55. The van der Waals surface area contributed by atoms with Gasteiger partial charge in [-0.25, -0.2) is 0 Å². The number of alkyl halides is 1. The molecule has 0 aliphatic heterocycles. The van der Waals surface area contributed by atoms with E-state index in [1.54, 1.807) is 0 Å². The van der Waals surface area contributed by atoms with Crippen molar-refractivity contribution in [2.75, 3.05) is 23.8 Å². The zero-order chi connectivity index (χ0) is 16.2. The first kappa shape index (κ1) is 18.5. The smallest absolute Gasteiger partial charge is 0.316 e. The van der Waals surface area contributed by atoms with Gasteiger partial charge in [0.25, 0.3) is 0 Å². The van der Waals surface area contributed by atoms with E-state index < -0.39 is 0 Å². The third kappa shape index (κ3) is 8.67. The summed E-state index contributed by atoms with van der Waals surface area (Å²) < 4.78 is 4.99. The third-order valence-corrected chi connectivity index (χ3v) is 3.62. The molecule has 0 spiro atoms. The molecule has 4 heteroatoms.